The predicted octanol–water partition coefficient (Wildman–Crippen LogP) is 1.93. The van der Waals surface area contributed by atoms with E-state index in [-0.39, 0.29) is 5.92 Å². The number of carboxylic acids is 1. The first-order valence-corrected chi connectivity index (χ1v) is 5.64. The number of rotatable bonds is 5. The van der Waals surface area contributed by atoms with E-state index in [4.69, 9.17) is 9.84 Å². The first-order chi connectivity index (χ1) is 7.77. The quantitative estimate of drug-likeness (QED) is 0.721. The van der Waals surface area contributed by atoms with Crippen LogP contribution in [0.4, 0.5) is 4.79 Å². The highest BCUT2D eigenvalue weighted by Crippen LogP contribution is 2.44. The maximum absolute atomic E-state index is 11.6. The van der Waals surface area contributed by atoms with Crippen LogP contribution in [0.3, 0.4) is 0 Å². The maximum atomic E-state index is 11.6. The van der Waals surface area contributed by atoms with Crippen LogP contribution in [-0.4, -0.2) is 28.3 Å². The summed E-state index contributed by atoms with van der Waals surface area (Å²) in [5, 5.41) is 11.5. The van der Waals surface area contributed by atoms with Crippen LogP contribution in [0, 0.1) is 5.92 Å². The number of amides is 1. The smallest absolute Gasteiger partial charge is 0.408 e. The second kappa shape index (κ2) is 4.39. The molecule has 1 aliphatic carbocycles. The van der Waals surface area contributed by atoms with E-state index in [1.165, 1.54) is 0 Å². The summed E-state index contributed by atoms with van der Waals surface area (Å²) in [5.41, 5.74) is -1.81. The average molecular weight is 241 g/mol. The van der Waals surface area contributed by atoms with E-state index in [0.29, 0.717) is 12.8 Å². The van der Waals surface area contributed by atoms with Gasteiger partial charge >= 0.3 is 12.1 Å². The summed E-state index contributed by atoms with van der Waals surface area (Å²) in [7, 11) is 0. The van der Waals surface area contributed by atoms with Crippen molar-refractivity contribution in [3.63, 3.8) is 0 Å². The molecule has 0 aromatic rings. The predicted molar refractivity (Wildman–Crippen MR) is 62.7 cm³/mol. The molecule has 5 heteroatoms. The lowest BCUT2D eigenvalue weighted by atomic mass is 10.1. The zero-order valence-electron chi connectivity index (χ0n) is 10.4. The molecule has 17 heavy (non-hydrogen) atoms. The Morgan fingerprint density at radius 1 is 1.65 bits per heavy atom. The number of carbonyl (C=O) groups excluding carboxylic acids is 1. The number of carbonyl (C=O) groups is 2. The van der Waals surface area contributed by atoms with Crippen molar-refractivity contribution in [2.45, 2.75) is 44.8 Å². The minimum atomic E-state index is -1.22. The second-order valence-electron chi connectivity index (χ2n) is 4.95. The van der Waals surface area contributed by atoms with Gasteiger partial charge in [-0.2, -0.15) is 0 Å². The highest BCUT2D eigenvalue weighted by Gasteiger charge is 2.60. The first-order valence-electron chi connectivity index (χ1n) is 5.64. The summed E-state index contributed by atoms with van der Waals surface area (Å²) >= 11 is 0. The van der Waals surface area contributed by atoms with Gasteiger partial charge in [0.25, 0.3) is 0 Å². The molecule has 0 radical (unpaired) electrons. The topological polar surface area (TPSA) is 75.6 Å². The zero-order valence-corrected chi connectivity index (χ0v) is 10.4. The van der Waals surface area contributed by atoms with Gasteiger partial charge in [-0.3, -0.25) is 0 Å². The second-order valence-corrected chi connectivity index (χ2v) is 4.95. The molecule has 1 rings (SSSR count). The van der Waals surface area contributed by atoms with Crippen molar-refractivity contribution < 1.29 is 19.4 Å². The number of aliphatic carboxylic acids is 1. The van der Waals surface area contributed by atoms with Crippen LogP contribution in [0.1, 0.15) is 33.6 Å². The SMILES string of the molecule is C=C[C@H]1C[C@@]1(NC(=O)OC(C)(C)CC)C(=O)O. The Morgan fingerprint density at radius 3 is 2.59 bits per heavy atom. The third-order valence-corrected chi connectivity index (χ3v) is 3.23. The van der Waals surface area contributed by atoms with E-state index in [1.54, 1.807) is 19.9 Å². The summed E-state index contributed by atoms with van der Waals surface area (Å²) in [4.78, 5) is 22.7. The summed E-state index contributed by atoms with van der Waals surface area (Å²) in [6.07, 6.45) is 1.88. The molecule has 5 nitrogen and oxygen atoms in total. The number of alkyl carbamates (subject to hydrolysis) is 1. The van der Waals surface area contributed by atoms with Gasteiger partial charge in [-0.1, -0.05) is 13.0 Å². The number of hydrogen-bond donors (Lipinski definition) is 2. The summed E-state index contributed by atoms with van der Waals surface area (Å²) < 4.78 is 5.16. The minimum absolute atomic E-state index is 0.225. The molecule has 2 N–H and O–H groups in total. The van der Waals surface area contributed by atoms with Gasteiger partial charge in [0.05, 0.1) is 0 Å². The van der Waals surface area contributed by atoms with Crippen molar-refractivity contribution in [1.29, 1.82) is 0 Å². The molecule has 2 atom stereocenters. The molecule has 96 valence electrons. The number of hydrogen-bond acceptors (Lipinski definition) is 3. The standard InChI is InChI=1S/C12H19NO4/c1-5-8-7-12(8,9(14)15)13-10(16)17-11(3,4)6-2/h5,8H,1,6-7H2,2-4H3,(H,13,16)(H,14,15)/t8-,12-/m0/s1. The Balaban J connectivity index is 2.62. The minimum Gasteiger partial charge on any atom is -0.479 e. The highest BCUT2D eigenvalue weighted by atomic mass is 16.6. The molecular weight excluding hydrogens is 222 g/mol. The number of nitrogens with one attached hydrogen (secondary N) is 1. The molecule has 1 saturated carbocycles. The number of ether oxygens (including phenoxy) is 1. The van der Waals surface area contributed by atoms with Crippen molar-refractivity contribution in [2.24, 2.45) is 5.92 Å². The largest absolute Gasteiger partial charge is 0.479 e. The lowest BCUT2D eigenvalue weighted by molar-refractivity contribution is -0.141. The molecule has 0 aliphatic heterocycles. The van der Waals surface area contributed by atoms with Gasteiger partial charge in [-0.25, -0.2) is 9.59 Å². The Bertz CT molecular complexity index is 350. The van der Waals surface area contributed by atoms with Crippen molar-refractivity contribution in [3.05, 3.63) is 12.7 Å². The van der Waals surface area contributed by atoms with Crippen LogP contribution in [-0.2, 0) is 9.53 Å². The lowest BCUT2D eigenvalue weighted by Crippen LogP contribution is -2.47. The Labute approximate surface area is 101 Å². The zero-order chi connectivity index (χ0) is 13.3. The lowest BCUT2D eigenvalue weighted by Gasteiger charge is -2.25. The highest BCUT2D eigenvalue weighted by molar-refractivity contribution is 5.88. The van der Waals surface area contributed by atoms with Crippen LogP contribution in [0.5, 0.6) is 0 Å². The van der Waals surface area contributed by atoms with Crippen LogP contribution < -0.4 is 5.32 Å². The van der Waals surface area contributed by atoms with E-state index in [1.807, 2.05) is 6.92 Å². The van der Waals surface area contributed by atoms with Crippen molar-refractivity contribution in [3.8, 4) is 0 Å². The number of carboxylic acid groups (broad SMARTS) is 1. The molecule has 0 aromatic carbocycles. The fourth-order valence-corrected chi connectivity index (χ4v) is 1.55. The van der Waals surface area contributed by atoms with Gasteiger partial charge in [0.2, 0.25) is 0 Å². The third-order valence-electron chi connectivity index (χ3n) is 3.23. The fourth-order valence-electron chi connectivity index (χ4n) is 1.55. The van der Waals surface area contributed by atoms with Crippen LogP contribution >= 0.6 is 0 Å². The molecule has 0 spiro atoms. The van der Waals surface area contributed by atoms with Crippen molar-refractivity contribution >= 4 is 12.1 Å². The molecule has 0 saturated heterocycles. The third kappa shape index (κ3) is 2.78. The van der Waals surface area contributed by atoms with Crippen LogP contribution in [0.2, 0.25) is 0 Å². The summed E-state index contributed by atoms with van der Waals surface area (Å²) in [5.74, 6) is -1.27. The molecule has 0 heterocycles. The molecule has 1 fully saturated rings. The molecule has 0 bridgehead atoms. The van der Waals surface area contributed by atoms with Gasteiger partial charge in [0, 0.05) is 5.92 Å². The van der Waals surface area contributed by atoms with Gasteiger partial charge in [0.15, 0.2) is 0 Å². The molecule has 1 aliphatic rings. The van der Waals surface area contributed by atoms with E-state index in [2.05, 4.69) is 11.9 Å². The maximum Gasteiger partial charge on any atom is 0.408 e. The molecule has 0 unspecified atom stereocenters. The first kappa shape index (κ1) is 13.5. The van der Waals surface area contributed by atoms with E-state index < -0.39 is 23.2 Å². The van der Waals surface area contributed by atoms with E-state index >= 15 is 0 Å². The summed E-state index contributed by atoms with van der Waals surface area (Å²) in [6.45, 7) is 8.99. The summed E-state index contributed by atoms with van der Waals surface area (Å²) in [6, 6.07) is 0. The fraction of sp³-hybridized carbons (Fsp3) is 0.667. The van der Waals surface area contributed by atoms with E-state index in [9.17, 15) is 9.59 Å². The van der Waals surface area contributed by atoms with Crippen molar-refractivity contribution in [1.82, 2.24) is 5.32 Å². The Hall–Kier alpha value is -1.52. The Kier molecular flexibility index (Phi) is 3.50. The molecular formula is C12H19NO4. The monoisotopic (exact) mass is 241 g/mol. The Morgan fingerprint density at radius 2 is 2.24 bits per heavy atom. The van der Waals surface area contributed by atoms with Gasteiger partial charge in [0.1, 0.15) is 11.1 Å². The molecule has 0 aromatic heterocycles. The van der Waals surface area contributed by atoms with Crippen molar-refractivity contribution in [2.75, 3.05) is 0 Å². The normalized spacial score (nSPS) is 27.1. The van der Waals surface area contributed by atoms with Gasteiger partial charge in [-0.05, 0) is 26.7 Å². The van der Waals surface area contributed by atoms with Gasteiger partial charge in [-0.15, -0.1) is 6.58 Å². The average Bonchev–Trinajstić information content (AvgIpc) is 2.92. The van der Waals surface area contributed by atoms with Gasteiger partial charge < -0.3 is 15.2 Å². The van der Waals surface area contributed by atoms with Crippen LogP contribution in [0.15, 0.2) is 12.7 Å². The van der Waals surface area contributed by atoms with Crippen LogP contribution in [0.25, 0.3) is 0 Å². The van der Waals surface area contributed by atoms with E-state index in [0.717, 1.165) is 0 Å². The molecule has 1 amide bonds.